The van der Waals surface area contributed by atoms with E-state index >= 15 is 0 Å². The molecule has 1 atom stereocenters. The van der Waals surface area contributed by atoms with E-state index in [1.165, 1.54) is 0 Å². The van der Waals surface area contributed by atoms with Crippen molar-refractivity contribution < 1.29 is 5.11 Å². The molecule has 3 nitrogen and oxygen atoms in total. The Labute approximate surface area is 61.8 Å². The van der Waals surface area contributed by atoms with Crippen molar-refractivity contribution >= 4 is 0 Å². The van der Waals surface area contributed by atoms with E-state index in [4.69, 9.17) is 5.11 Å². The summed E-state index contributed by atoms with van der Waals surface area (Å²) in [5.41, 5.74) is 0.186. The Kier molecular flexibility index (Phi) is 2.28. The zero-order valence-electron chi connectivity index (χ0n) is 6.65. The van der Waals surface area contributed by atoms with Crippen molar-refractivity contribution in [1.29, 1.82) is 0 Å². The summed E-state index contributed by atoms with van der Waals surface area (Å²) >= 11 is 0. The molecule has 1 fully saturated rings. The molecule has 1 saturated heterocycles. The van der Waals surface area contributed by atoms with E-state index in [-0.39, 0.29) is 18.2 Å². The first-order valence-corrected chi connectivity index (χ1v) is 3.73. The van der Waals surface area contributed by atoms with Gasteiger partial charge in [0.05, 0.1) is 6.61 Å². The van der Waals surface area contributed by atoms with Gasteiger partial charge in [0.2, 0.25) is 0 Å². The van der Waals surface area contributed by atoms with Crippen molar-refractivity contribution in [3.63, 3.8) is 0 Å². The fourth-order valence-electron chi connectivity index (χ4n) is 1.06. The highest BCUT2D eigenvalue weighted by Gasteiger charge is 2.24. The minimum Gasteiger partial charge on any atom is -0.395 e. The maximum absolute atomic E-state index is 8.76. The molecule has 1 aliphatic heterocycles. The third-order valence-electron chi connectivity index (χ3n) is 1.88. The van der Waals surface area contributed by atoms with E-state index in [0.717, 1.165) is 13.1 Å². The summed E-state index contributed by atoms with van der Waals surface area (Å²) in [6.07, 6.45) is 0. The second kappa shape index (κ2) is 2.86. The second-order valence-corrected chi connectivity index (χ2v) is 3.53. The lowest BCUT2D eigenvalue weighted by atomic mass is 10.0. The van der Waals surface area contributed by atoms with E-state index in [2.05, 4.69) is 24.5 Å². The highest BCUT2D eigenvalue weighted by Crippen LogP contribution is 2.04. The zero-order valence-corrected chi connectivity index (χ0v) is 6.65. The molecule has 0 amide bonds. The van der Waals surface area contributed by atoms with Gasteiger partial charge in [-0.2, -0.15) is 0 Å². The second-order valence-electron chi connectivity index (χ2n) is 3.53. The Bertz CT molecular complexity index is 104. The van der Waals surface area contributed by atoms with E-state index in [9.17, 15) is 0 Å². The number of hydrogen-bond donors (Lipinski definition) is 3. The molecule has 0 aromatic heterocycles. The van der Waals surface area contributed by atoms with Crippen LogP contribution in [0.2, 0.25) is 0 Å². The Morgan fingerprint density at radius 3 is 2.70 bits per heavy atom. The predicted octanol–water partition coefficient (Wildman–Crippen LogP) is -0.681. The first kappa shape index (κ1) is 7.98. The molecule has 10 heavy (non-hydrogen) atoms. The van der Waals surface area contributed by atoms with Gasteiger partial charge in [0.25, 0.3) is 0 Å². The molecular formula is C7H16N2O. The lowest BCUT2D eigenvalue weighted by molar-refractivity contribution is 0.189. The Balaban J connectivity index is 2.31. The maximum Gasteiger partial charge on any atom is 0.0597 e. The SMILES string of the molecule is CC1(C)CNC(CO)CN1. The van der Waals surface area contributed by atoms with Gasteiger partial charge in [-0.3, -0.25) is 0 Å². The van der Waals surface area contributed by atoms with Crippen molar-refractivity contribution in [2.24, 2.45) is 0 Å². The molecule has 1 aliphatic rings. The van der Waals surface area contributed by atoms with Crippen LogP contribution in [-0.2, 0) is 0 Å². The monoisotopic (exact) mass is 144 g/mol. The Morgan fingerprint density at radius 1 is 1.60 bits per heavy atom. The highest BCUT2D eigenvalue weighted by molar-refractivity contribution is 4.89. The Morgan fingerprint density at radius 2 is 2.30 bits per heavy atom. The molecule has 3 N–H and O–H groups in total. The molecule has 1 rings (SSSR count). The molecule has 0 radical (unpaired) electrons. The van der Waals surface area contributed by atoms with Gasteiger partial charge in [-0.25, -0.2) is 0 Å². The third-order valence-corrected chi connectivity index (χ3v) is 1.88. The average Bonchev–Trinajstić information content (AvgIpc) is 1.88. The number of rotatable bonds is 1. The van der Waals surface area contributed by atoms with Crippen LogP contribution in [0.4, 0.5) is 0 Å². The van der Waals surface area contributed by atoms with Crippen molar-refractivity contribution in [3.8, 4) is 0 Å². The fraction of sp³-hybridized carbons (Fsp3) is 1.00. The summed E-state index contributed by atoms with van der Waals surface area (Å²) in [4.78, 5) is 0. The van der Waals surface area contributed by atoms with Gasteiger partial charge in [-0.1, -0.05) is 0 Å². The molecule has 0 aromatic carbocycles. The van der Waals surface area contributed by atoms with E-state index < -0.39 is 0 Å². The molecule has 0 bridgehead atoms. The minimum absolute atomic E-state index is 0.186. The molecule has 0 aliphatic carbocycles. The van der Waals surface area contributed by atoms with Crippen LogP contribution in [0.5, 0.6) is 0 Å². The van der Waals surface area contributed by atoms with E-state index in [1.807, 2.05) is 0 Å². The molecule has 0 spiro atoms. The molecule has 3 heteroatoms. The molecule has 1 heterocycles. The molecule has 0 saturated carbocycles. The number of aliphatic hydroxyl groups excluding tert-OH is 1. The van der Waals surface area contributed by atoms with Gasteiger partial charge in [0, 0.05) is 24.7 Å². The summed E-state index contributed by atoms with van der Waals surface area (Å²) in [5.74, 6) is 0. The van der Waals surface area contributed by atoms with Gasteiger partial charge in [-0.05, 0) is 13.8 Å². The van der Waals surface area contributed by atoms with Gasteiger partial charge >= 0.3 is 0 Å². The normalized spacial score (nSPS) is 32.1. The first-order chi connectivity index (χ1) is 4.64. The van der Waals surface area contributed by atoms with Crippen molar-refractivity contribution in [3.05, 3.63) is 0 Å². The number of piperazine rings is 1. The lowest BCUT2D eigenvalue weighted by Crippen LogP contribution is -2.60. The summed E-state index contributed by atoms with van der Waals surface area (Å²) in [6, 6.07) is 0.244. The van der Waals surface area contributed by atoms with Gasteiger partial charge in [0.15, 0.2) is 0 Å². The van der Waals surface area contributed by atoms with E-state index in [1.54, 1.807) is 0 Å². The zero-order chi connectivity index (χ0) is 7.61. The highest BCUT2D eigenvalue weighted by atomic mass is 16.3. The van der Waals surface area contributed by atoms with Gasteiger partial charge in [0.1, 0.15) is 0 Å². The number of aliphatic hydroxyl groups is 1. The molecular weight excluding hydrogens is 128 g/mol. The summed E-state index contributed by atoms with van der Waals surface area (Å²) in [5, 5.41) is 15.3. The summed E-state index contributed by atoms with van der Waals surface area (Å²) in [7, 11) is 0. The van der Waals surface area contributed by atoms with Crippen LogP contribution < -0.4 is 10.6 Å². The van der Waals surface area contributed by atoms with Crippen LogP contribution in [0.1, 0.15) is 13.8 Å². The van der Waals surface area contributed by atoms with Crippen LogP contribution in [0.3, 0.4) is 0 Å². The molecule has 0 aromatic rings. The van der Waals surface area contributed by atoms with Crippen LogP contribution in [0.15, 0.2) is 0 Å². The predicted molar refractivity (Wildman–Crippen MR) is 41.0 cm³/mol. The fourth-order valence-corrected chi connectivity index (χ4v) is 1.06. The van der Waals surface area contributed by atoms with Crippen LogP contribution in [-0.4, -0.2) is 36.4 Å². The summed E-state index contributed by atoms with van der Waals surface area (Å²) in [6.45, 7) is 6.31. The van der Waals surface area contributed by atoms with E-state index in [0.29, 0.717) is 0 Å². The molecule has 60 valence electrons. The largest absolute Gasteiger partial charge is 0.395 e. The van der Waals surface area contributed by atoms with Gasteiger partial charge < -0.3 is 15.7 Å². The molecule has 1 unspecified atom stereocenters. The Hall–Kier alpha value is -0.120. The maximum atomic E-state index is 8.76. The smallest absolute Gasteiger partial charge is 0.0597 e. The number of hydrogen-bond acceptors (Lipinski definition) is 3. The topological polar surface area (TPSA) is 44.3 Å². The standard InChI is InChI=1S/C7H16N2O/c1-7(2)5-8-6(4-10)3-9-7/h6,8-10H,3-5H2,1-2H3. The van der Waals surface area contributed by atoms with Crippen LogP contribution in [0, 0.1) is 0 Å². The summed E-state index contributed by atoms with van der Waals surface area (Å²) < 4.78 is 0. The van der Waals surface area contributed by atoms with Crippen LogP contribution >= 0.6 is 0 Å². The van der Waals surface area contributed by atoms with Crippen molar-refractivity contribution in [2.45, 2.75) is 25.4 Å². The third kappa shape index (κ3) is 1.94. The van der Waals surface area contributed by atoms with Crippen molar-refractivity contribution in [2.75, 3.05) is 19.7 Å². The number of nitrogens with one attached hydrogen (secondary N) is 2. The first-order valence-electron chi connectivity index (χ1n) is 3.73. The lowest BCUT2D eigenvalue weighted by Gasteiger charge is -2.36. The van der Waals surface area contributed by atoms with Crippen LogP contribution in [0.25, 0.3) is 0 Å². The minimum atomic E-state index is 0.186. The van der Waals surface area contributed by atoms with Gasteiger partial charge in [-0.15, -0.1) is 0 Å². The van der Waals surface area contributed by atoms with Crippen molar-refractivity contribution in [1.82, 2.24) is 10.6 Å². The average molecular weight is 144 g/mol. The quantitative estimate of drug-likeness (QED) is 0.457.